The van der Waals surface area contributed by atoms with E-state index in [1.54, 1.807) is 0 Å². The predicted octanol–water partition coefficient (Wildman–Crippen LogP) is 4.96. The minimum absolute atomic E-state index is 0.713. The molecule has 1 aromatic rings. The van der Waals surface area contributed by atoms with E-state index in [0.29, 0.717) is 5.92 Å². The van der Waals surface area contributed by atoms with Crippen molar-refractivity contribution in [2.24, 2.45) is 0 Å². The lowest BCUT2D eigenvalue weighted by atomic mass is 9.86. The van der Waals surface area contributed by atoms with Crippen LogP contribution in [-0.2, 0) is 9.59 Å². The minimum Gasteiger partial charge on any atom is -0.475 e. The zero-order valence-corrected chi connectivity index (χ0v) is 17.6. The van der Waals surface area contributed by atoms with Crippen LogP contribution in [0, 0.1) is 0 Å². The van der Waals surface area contributed by atoms with Crippen molar-refractivity contribution in [3.8, 4) is 0 Å². The number of nitrogen functional groups attached to an aromatic ring is 1. The quantitative estimate of drug-likeness (QED) is 0.349. The Kier molecular flexibility index (Phi) is 10.7. The molecule has 0 unspecified atom stereocenters. The van der Waals surface area contributed by atoms with Crippen molar-refractivity contribution in [1.82, 2.24) is 5.32 Å². The van der Waals surface area contributed by atoms with Crippen LogP contribution in [0.2, 0.25) is 0 Å². The van der Waals surface area contributed by atoms with Crippen LogP contribution in [0.25, 0.3) is 5.57 Å². The molecule has 1 aliphatic heterocycles. The summed E-state index contributed by atoms with van der Waals surface area (Å²) < 4.78 is 63.5. The lowest BCUT2D eigenvalue weighted by Crippen LogP contribution is -2.26. The molecular weight excluding hydrogens is 458 g/mol. The summed E-state index contributed by atoms with van der Waals surface area (Å²) in [5, 5.41) is 17.7. The maximum Gasteiger partial charge on any atom is 0.490 e. The second-order valence-corrected chi connectivity index (χ2v) is 7.45. The minimum atomic E-state index is -5.08. The normalized spacial score (nSPS) is 17.0. The first-order valence-corrected chi connectivity index (χ1v) is 10.1. The highest BCUT2D eigenvalue weighted by molar-refractivity contribution is 5.76. The van der Waals surface area contributed by atoms with Crippen molar-refractivity contribution < 1.29 is 46.1 Å². The molecule has 0 saturated carbocycles. The van der Waals surface area contributed by atoms with E-state index in [0.717, 1.165) is 18.8 Å². The van der Waals surface area contributed by atoms with Gasteiger partial charge in [0.2, 0.25) is 0 Å². The third-order valence-corrected chi connectivity index (χ3v) is 5.01. The van der Waals surface area contributed by atoms with E-state index in [-0.39, 0.29) is 0 Å². The van der Waals surface area contributed by atoms with Crippen LogP contribution < -0.4 is 11.1 Å². The fourth-order valence-corrected chi connectivity index (χ4v) is 3.34. The number of carbonyl (C=O) groups is 2. The topological polar surface area (TPSA) is 113 Å². The molecule has 1 heterocycles. The summed E-state index contributed by atoms with van der Waals surface area (Å²) in [6.45, 7) is 2.29. The number of aliphatic carboxylic acids is 2. The largest absolute Gasteiger partial charge is 0.490 e. The smallest absolute Gasteiger partial charge is 0.475 e. The molecule has 0 atom stereocenters. The number of rotatable bonds is 2. The third kappa shape index (κ3) is 10.1. The van der Waals surface area contributed by atoms with Crippen molar-refractivity contribution in [3.63, 3.8) is 0 Å². The molecule has 0 aromatic heterocycles. The van der Waals surface area contributed by atoms with Gasteiger partial charge in [-0.15, -0.1) is 0 Å². The summed E-state index contributed by atoms with van der Waals surface area (Å²) in [5.74, 6) is -4.80. The van der Waals surface area contributed by atoms with Crippen molar-refractivity contribution in [1.29, 1.82) is 0 Å². The molecule has 1 saturated heterocycles. The third-order valence-electron chi connectivity index (χ3n) is 5.01. The van der Waals surface area contributed by atoms with E-state index in [4.69, 9.17) is 25.5 Å². The molecule has 0 radical (unpaired) electrons. The molecule has 1 fully saturated rings. The number of nitrogens with one attached hydrogen (secondary N) is 1. The van der Waals surface area contributed by atoms with E-state index in [2.05, 4.69) is 29.6 Å². The Labute approximate surface area is 186 Å². The maximum atomic E-state index is 10.6. The van der Waals surface area contributed by atoms with Crippen molar-refractivity contribution in [3.05, 3.63) is 35.4 Å². The average molecular weight is 484 g/mol. The van der Waals surface area contributed by atoms with Crippen molar-refractivity contribution in [2.45, 2.75) is 56.8 Å². The highest BCUT2D eigenvalue weighted by Gasteiger charge is 2.38. The molecule has 0 bridgehead atoms. The Morgan fingerprint density at radius 1 is 0.939 bits per heavy atom. The number of halogens is 6. The van der Waals surface area contributed by atoms with E-state index in [1.807, 2.05) is 0 Å². The molecule has 0 spiro atoms. The van der Waals surface area contributed by atoms with Gasteiger partial charge in [0, 0.05) is 11.3 Å². The number of allylic oxidation sites excluding steroid dienone is 2. The lowest BCUT2D eigenvalue weighted by Gasteiger charge is -2.24. The standard InChI is InChI=1S/C17H24N2.2C2HF3O2/c18-17-7-6-15(13-8-10-19-11-9-13)12-16(17)14-4-2-1-3-5-14;2*3-2(4,5)1(6)7/h4,6-7,12-13,19H,1-3,5,8-11,18H2;2*(H,6,7). The van der Waals surface area contributed by atoms with Gasteiger partial charge in [-0.05, 0) is 80.8 Å². The summed E-state index contributed by atoms with van der Waals surface area (Å²) >= 11 is 0. The number of carboxylic acid groups (broad SMARTS) is 2. The summed E-state index contributed by atoms with van der Waals surface area (Å²) in [4.78, 5) is 17.8. The van der Waals surface area contributed by atoms with Gasteiger partial charge in [-0.1, -0.05) is 12.1 Å². The van der Waals surface area contributed by atoms with Gasteiger partial charge >= 0.3 is 24.3 Å². The summed E-state index contributed by atoms with van der Waals surface area (Å²) in [7, 11) is 0. The maximum absolute atomic E-state index is 10.6. The van der Waals surface area contributed by atoms with Gasteiger partial charge in [0.1, 0.15) is 0 Å². The first-order chi connectivity index (χ1) is 15.2. The van der Waals surface area contributed by atoms with Crippen LogP contribution in [0.5, 0.6) is 0 Å². The summed E-state index contributed by atoms with van der Waals surface area (Å²) in [6, 6.07) is 6.71. The number of piperidine rings is 1. The van der Waals surface area contributed by atoms with Gasteiger partial charge in [0.25, 0.3) is 0 Å². The van der Waals surface area contributed by atoms with Gasteiger partial charge in [0.05, 0.1) is 0 Å². The SMILES string of the molecule is Nc1ccc(C2CCNCC2)cc1C1=CCCCC1.O=C(O)C(F)(F)F.O=C(O)C(F)(F)F. The molecule has 2 aliphatic rings. The molecule has 0 amide bonds. The Morgan fingerprint density at radius 2 is 1.45 bits per heavy atom. The number of anilines is 1. The van der Waals surface area contributed by atoms with E-state index >= 15 is 0 Å². The van der Waals surface area contributed by atoms with E-state index < -0.39 is 24.3 Å². The number of hydrogen-bond acceptors (Lipinski definition) is 4. The van der Waals surface area contributed by atoms with Gasteiger partial charge in [-0.3, -0.25) is 0 Å². The van der Waals surface area contributed by atoms with Gasteiger partial charge in [-0.2, -0.15) is 26.3 Å². The fourth-order valence-electron chi connectivity index (χ4n) is 3.34. The number of benzene rings is 1. The number of nitrogens with two attached hydrogens (primary N) is 1. The Bertz CT molecular complexity index is 807. The highest BCUT2D eigenvalue weighted by Crippen LogP contribution is 2.34. The first-order valence-electron chi connectivity index (χ1n) is 10.1. The molecule has 1 aliphatic carbocycles. The average Bonchev–Trinajstić information content (AvgIpc) is 2.75. The first kappa shape index (κ1) is 28.3. The second kappa shape index (κ2) is 12.5. The molecule has 6 nitrogen and oxygen atoms in total. The highest BCUT2D eigenvalue weighted by atomic mass is 19.4. The van der Waals surface area contributed by atoms with Crippen molar-refractivity contribution >= 4 is 23.2 Å². The molecular formula is C21H26F6N2O4. The van der Waals surface area contributed by atoms with Crippen LogP contribution in [0.1, 0.15) is 55.6 Å². The zero-order valence-electron chi connectivity index (χ0n) is 17.6. The predicted molar refractivity (Wildman–Crippen MR) is 110 cm³/mol. The fraction of sp³-hybridized carbons (Fsp3) is 0.524. The Hall–Kier alpha value is -2.76. The summed E-state index contributed by atoms with van der Waals surface area (Å²) in [5.41, 5.74) is 11.4. The van der Waals surface area contributed by atoms with Gasteiger partial charge in [0.15, 0.2) is 0 Å². The molecule has 186 valence electrons. The second-order valence-electron chi connectivity index (χ2n) is 7.45. The number of alkyl halides is 6. The van der Waals surface area contributed by atoms with Crippen LogP contribution in [0.3, 0.4) is 0 Å². The van der Waals surface area contributed by atoms with Gasteiger partial charge in [-0.25, -0.2) is 9.59 Å². The van der Waals surface area contributed by atoms with Crippen molar-refractivity contribution in [2.75, 3.05) is 18.8 Å². The molecule has 1 aromatic carbocycles. The molecule has 33 heavy (non-hydrogen) atoms. The summed E-state index contributed by atoms with van der Waals surface area (Å²) in [6.07, 6.45) is -0.224. The molecule has 12 heteroatoms. The Morgan fingerprint density at radius 3 is 1.88 bits per heavy atom. The Balaban J connectivity index is 0.000000324. The van der Waals surface area contributed by atoms with E-state index in [9.17, 15) is 26.3 Å². The monoisotopic (exact) mass is 484 g/mol. The van der Waals surface area contributed by atoms with Crippen LogP contribution in [0.4, 0.5) is 32.0 Å². The lowest BCUT2D eigenvalue weighted by molar-refractivity contribution is -0.193. The number of carboxylic acids is 2. The van der Waals surface area contributed by atoms with Crippen LogP contribution in [-0.4, -0.2) is 47.6 Å². The molecule has 3 rings (SSSR count). The van der Waals surface area contributed by atoms with Crippen LogP contribution in [0.15, 0.2) is 24.3 Å². The van der Waals surface area contributed by atoms with E-state index in [1.165, 1.54) is 55.2 Å². The molecule has 5 N–H and O–H groups in total. The van der Waals surface area contributed by atoms with Gasteiger partial charge < -0.3 is 21.3 Å². The number of hydrogen-bond donors (Lipinski definition) is 4. The van der Waals surface area contributed by atoms with Crippen LogP contribution >= 0.6 is 0 Å². The zero-order chi connectivity index (χ0) is 25.2.